The molecule has 0 amide bonds. The molecule has 1 aliphatic heterocycles. The van der Waals surface area contributed by atoms with Crippen LogP contribution in [0, 0.1) is 5.92 Å². The summed E-state index contributed by atoms with van der Waals surface area (Å²) in [6.45, 7) is 11.5. The summed E-state index contributed by atoms with van der Waals surface area (Å²) in [6.07, 6.45) is 6.37. The first-order valence-corrected chi connectivity index (χ1v) is 9.37. The monoisotopic (exact) mass is 319 g/mol. The van der Waals surface area contributed by atoms with E-state index in [1.807, 2.05) is 13.8 Å². The van der Waals surface area contributed by atoms with Crippen molar-refractivity contribution < 1.29 is 9.47 Å². The van der Waals surface area contributed by atoms with E-state index in [-0.39, 0.29) is 0 Å². The van der Waals surface area contributed by atoms with E-state index in [9.17, 15) is 0 Å². The lowest BCUT2D eigenvalue weighted by Crippen LogP contribution is -2.35. The minimum atomic E-state index is 0.696. The van der Waals surface area contributed by atoms with Gasteiger partial charge in [-0.25, -0.2) is 0 Å². The predicted molar refractivity (Wildman–Crippen MR) is 96.6 cm³/mol. The van der Waals surface area contributed by atoms with Crippen LogP contribution in [0.4, 0.5) is 0 Å². The fourth-order valence-electron chi connectivity index (χ4n) is 3.36. The predicted octanol–water partition coefficient (Wildman–Crippen LogP) is 4.54. The van der Waals surface area contributed by atoms with Crippen LogP contribution >= 0.6 is 0 Å². The molecule has 0 saturated carbocycles. The summed E-state index contributed by atoms with van der Waals surface area (Å²) < 4.78 is 11.5. The average Bonchev–Trinajstić information content (AvgIpc) is 2.57. The highest BCUT2D eigenvalue weighted by molar-refractivity contribution is 5.41. The molecule has 0 radical (unpaired) electrons. The van der Waals surface area contributed by atoms with Gasteiger partial charge in [-0.1, -0.05) is 19.4 Å². The molecule has 0 N–H and O–H groups in total. The highest BCUT2D eigenvalue weighted by Gasteiger charge is 2.20. The van der Waals surface area contributed by atoms with Crippen molar-refractivity contribution in [3.05, 3.63) is 23.8 Å². The van der Waals surface area contributed by atoms with Crippen LogP contribution in [0.3, 0.4) is 0 Å². The highest BCUT2D eigenvalue weighted by Crippen LogP contribution is 2.30. The van der Waals surface area contributed by atoms with E-state index >= 15 is 0 Å². The molecule has 0 atom stereocenters. The maximum atomic E-state index is 5.85. The number of hydrogen-bond donors (Lipinski definition) is 0. The molecule has 1 heterocycles. The molecule has 1 aromatic rings. The third-order valence-corrected chi connectivity index (χ3v) is 4.69. The molecule has 3 heteroatoms. The van der Waals surface area contributed by atoms with Crippen molar-refractivity contribution in [3.63, 3.8) is 0 Å². The van der Waals surface area contributed by atoms with Crippen molar-refractivity contribution in [2.45, 2.75) is 52.9 Å². The number of likely N-dealkylation sites (tertiary alicyclic amines) is 1. The number of unbranched alkanes of at least 4 members (excludes halogenated alkanes) is 1. The van der Waals surface area contributed by atoms with Crippen molar-refractivity contribution >= 4 is 0 Å². The van der Waals surface area contributed by atoms with Gasteiger partial charge < -0.3 is 14.4 Å². The van der Waals surface area contributed by atoms with Crippen LogP contribution in [0.25, 0.3) is 0 Å². The van der Waals surface area contributed by atoms with Crippen molar-refractivity contribution in [1.29, 1.82) is 0 Å². The van der Waals surface area contributed by atoms with E-state index in [1.54, 1.807) is 0 Å². The minimum absolute atomic E-state index is 0.696. The summed E-state index contributed by atoms with van der Waals surface area (Å²) in [5.74, 6) is 2.70. The summed E-state index contributed by atoms with van der Waals surface area (Å²) in [6, 6.07) is 6.33. The topological polar surface area (TPSA) is 21.7 Å². The lowest BCUT2D eigenvalue weighted by Gasteiger charge is -2.32. The van der Waals surface area contributed by atoms with E-state index in [2.05, 4.69) is 30.0 Å². The fourth-order valence-corrected chi connectivity index (χ4v) is 3.36. The molecular formula is C20H33NO2. The summed E-state index contributed by atoms with van der Waals surface area (Å²) in [5.41, 5.74) is 1.34. The third kappa shape index (κ3) is 5.72. The van der Waals surface area contributed by atoms with Gasteiger partial charge in [0.15, 0.2) is 0 Å². The van der Waals surface area contributed by atoms with Gasteiger partial charge in [0.25, 0.3) is 0 Å². The first kappa shape index (κ1) is 18.1. The summed E-state index contributed by atoms with van der Waals surface area (Å²) in [4.78, 5) is 2.63. The van der Waals surface area contributed by atoms with Crippen molar-refractivity contribution in [1.82, 2.24) is 4.90 Å². The Balaban J connectivity index is 1.92. The van der Waals surface area contributed by atoms with Gasteiger partial charge in [0, 0.05) is 6.07 Å². The molecule has 2 rings (SSSR count). The number of hydrogen-bond acceptors (Lipinski definition) is 3. The lowest BCUT2D eigenvalue weighted by molar-refractivity contribution is 0.181. The van der Waals surface area contributed by atoms with Gasteiger partial charge in [-0.3, -0.25) is 0 Å². The van der Waals surface area contributed by atoms with Crippen molar-refractivity contribution in [3.8, 4) is 11.5 Å². The van der Waals surface area contributed by atoms with Crippen LogP contribution in [-0.2, 0) is 6.42 Å². The van der Waals surface area contributed by atoms with Gasteiger partial charge in [0.2, 0.25) is 0 Å². The van der Waals surface area contributed by atoms with E-state index < -0.39 is 0 Å². The number of ether oxygens (including phenoxy) is 2. The number of rotatable bonds is 9. The fraction of sp³-hybridized carbons (Fsp3) is 0.700. The van der Waals surface area contributed by atoms with E-state index in [1.165, 1.54) is 50.9 Å². The number of piperidine rings is 1. The third-order valence-electron chi connectivity index (χ3n) is 4.69. The maximum absolute atomic E-state index is 5.85. The van der Waals surface area contributed by atoms with Crippen LogP contribution < -0.4 is 9.47 Å². The first-order chi connectivity index (χ1) is 11.3. The molecular weight excluding hydrogens is 286 g/mol. The Labute approximate surface area is 142 Å². The minimum Gasteiger partial charge on any atom is -0.494 e. The molecule has 130 valence electrons. The smallest absolute Gasteiger partial charge is 0.126 e. The van der Waals surface area contributed by atoms with Gasteiger partial charge in [0.1, 0.15) is 11.5 Å². The average molecular weight is 319 g/mol. The van der Waals surface area contributed by atoms with E-state index in [4.69, 9.17) is 9.47 Å². The van der Waals surface area contributed by atoms with Crippen LogP contribution in [0.15, 0.2) is 18.2 Å². The highest BCUT2D eigenvalue weighted by atomic mass is 16.5. The first-order valence-electron chi connectivity index (χ1n) is 9.37. The Morgan fingerprint density at radius 3 is 2.43 bits per heavy atom. The Kier molecular flexibility index (Phi) is 7.73. The standard InChI is InChI=1S/C20H33NO2/c1-4-7-12-21-13-10-17(11-14-21)15-18-8-9-19(22-5-2)16-20(18)23-6-3/h8-9,16-17H,4-7,10-15H2,1-3H3. The summed E-state index contributed by atoms with van der Waals surface area (Å²) in [5, 5.41) is 0. The number of nitrogens with zero attached hydrogens (tertiary/aromatic N) is 1. The van der Waals surface area contributed by atoms with Gasteiger partial charge in [0.05, 0.1) is 13.2 Å². The molecule has 0 bridgehead atoms. The molecule has 0 spiro atoms. The molecule has 1 aromatic carbocycles. The zero-order valence-corrected chi connectivity index (χ0v) is 15.1. The molecule has 0 aromatic heterocycles. The Hall–Kier alpha value is -1.22. The van der Waals surface area contributed by atoms with Crippen LogP contribution in [0.2, 0.25) is 0 Å². The van der Waals surface area contributed by atoms with Gasteiger partial charge in [-0.15, -0.1) is 0 Å². The van der Waals surface area contributed by atoms with Crippen molar-refractivity contribution in [2.24, 2.45) is 5.92 Å². The summed E-state index contributed by atoms with van der Waals surface area (Å²) >= 11 is 0. The molecule has 1 fully saturated rings. The van der Waals surface area contributed by atoms with E-state index in [0.29, 0.717) is 13.2 Å². The zero-order valence-electron chi connectivity index (χ0n) is 15.1. The molecule has 0 aliphatic carbocycles. The Morgan fingerprint density at radius 1 is 1.04 bits per heavy atom. The summed E-state index contributed by atoms with van der Waals surface area (Å²) in [7, 11) is 0. The number of benzene rings is 1. The molecule has 3 nitrogen and oxygen atoms in total. The van der Waals surface area contributed by atoms with Gasteiger partial charge in [-0.05, 0) is 76.7 Å². The van der Waals surface area contributed by atoms with Crippen molar-refractivity contribution in [2.75, 3.05) is 32.8 Å². The largest absolute Gasteiger partial charge is 0.494 e. The second kappa shape index (κ2) is 9.82. The van der Waals surface area contributed by atoms with Crippen LogP contribution in [-0.4, -0.2) is 37.7 Å². The second-order valence-corrected chi connectivity index (χ2v) is 6.48. The normalized spacial score (nSPS) is 16.5. The van der Waals surface area contributed by atoms with Gasteiger partial charge >= 0.3 is 0 Å². The van der Waals surface area contributed by atoms with E-state index in [0.717, 1.165) is 23.8 Å². The molecule has 1 saturated heterocycles. The zero-order chi connectivity index (χ0) is 16.5. The Morgan fingerprint density at radius 2 is 1.78 bits per heavy atom. The molecule has 1 aliphatic rings. The Bertz CT molecular complexity index is 453. The van der Waals surface area contributed by atoms with Gasteiger partial charge in [-0.2, -0.15) is 0 Å². The van der Waals surface area contributed by atoms with Crippen LogP contribution in [0.1, 0.15) is 52.0 Å². The second-order valence-electron chi connectivity index (χ2n) is 6.48. The SMILES string of the molecule is CCCCN1CCC(Cc2ccc(OCC)cc2OCC)CC1. The lowest BCUT2D eigenvalue weighted by atomic mass is 9.89. The van der Waals surface area contributed by atoms with Crippen LogP contribution in [0.5, 0.6) is 11.5 Å². The maximum Gasteiger partial charge on any atom is 0.126 e. The molecule has 23 heavy (non-hydrogen) atoms. The quantitative estimate of drug-likeness (QED) is 0.667. The molecule has 0 unspecified atom stereocenters.